The van der Waals surface area contributed by atoms with Crippen LogP contribution in [0.25, 0.3) is 0 Å². The molecule has 2 rings (SSSR count). The largest absolute Gasteiger partial charge is 0.309 e. The molecule has 0 aliphatic carbocycles. The third kappa shape index (κ3) is 2.94. The van der Waals surface area contributed by atoms with Gasteiger partial charge in [-0.2, -0.15) is 0 Å². The third-order valence-electron chi connectivity index (χ3n) is 2.54. The number of nitrogens with one attached hydrogen (secondary N) is 1. The van der Waals surface area contributed by atoms with Crippen LogP contribution in [0.3, 0.4) is 0 Å². The summed E-state index contributed by atoms with van der Waals surface area (Å²) in [6.07, 6.45) is 1.10. The van der Waals surface area contributed by atoms with Gasteiger partial charge in [-0.05, 0) is 37.0 Å². The zero-order valence-corrected chi connectivity index (χ0v) is 11.3. The summed E-state index contributed by atoms with van der Waals surface area (Å²) in [5.74, 6) is 0. The summed E-state index contributed by atoms with van der Waals surface area (Å²) in [7, 11) is 0. The number of aryl methyl sites for hydroxylation is 1. The van der Waals surface area contributed by atoms with E-state index in [1.807, 2.05) is 22.7 Å². The summed E-state index contributed by atoms with van der Waals surface area (Å²) < 4.78 is 0. The predicted octanol–water partition coefficient (Wildman–Crippen LogP) is 4.01. The van der Waals surface area contributed by atoms with Crippen molar-refractivity contribution in [3.8, 4) is 0 Å². The molecule has 2 aromatic rings. The van der Waals surface area contributed by atoms with E-state index in [1.165, 1.54) is 14.6 Å². The van der Waals surface area contributed by atoms with E-state index < -0.39 is 0 Å². The molecule has 3 heteroatoms. The Morgan fingerprint density at radius 1 is 1.31 bits per heavy atom. The van der Waals surface area contributed by atoms with E-state index >= 15 is 0 Å². The van der Waals surface area contributed by atoms with Crippen molar-refractivity contribution in [2.75, 3.05) is 6.54 Å². The van der Waals surface area contributed by atoms with E-state index in [0.29, 0.717) is 6.04 Å². The Morgan fingerprint density at radius 2 is 2.19 bits per heavy atom. The van der Waals surface area contributed by atoms with Gasteiger partial charge in [-0.25, -0.2) is 0 Å². The van der Waals surface area contributed by atoms with Crippen LogP contribution in [0.15, 0.2) is 29.6 Å². The molecule has 0 bridgehead atoms. The van der Waals surface area contributed by atoms with E-state index in [9.17, 15) is 0 Å². The highest BCUT2D eigenvalue weighted by Gasteiger charge is 2.13. The van der Waals surface area contributed by atoms with Crippen molar-refractivity contribution in [2.45, 2.75) is 26.3 Å². The van der Waals surface area contributed by atoms with Crippen LogP contribution < -0.4 is 5.32 Å². The van der Waals surface area contributed by atoms with E-state index in [1.54, 1.807) is 0 Å². The van der Waals surface area contributed by atoms with Crippen molar-refractivity contribution < 1.29 is 0 Å². The van der Waals surface area contributed by atoms with Gasteiger partial charge < -0.3 is 5.32 Å². The van der Waals surface area contributed by atoms with Crippen LogP contribution in [0.2, 0.25) is 0 Å². The first-order valence-corrected chi connectivity index (χ1v) is 7.31. The van der Waals surface area contributed by atoms with Crippen LogP contribution in [0.4, 0.5) is 0 Å². The first kappa shape index (κ1) is 11.8. The van der Waals surface area contributed by atoms with Gasteiger partial charge in [0.05, 0.1) is 0 Å². The van der Waals surface area contributed by atoms with Crippen molar-refractivity contribution in [3.63, 3.8) is 0 Å². The molecule has 1 nitrogen and oxygen atoms in total. The minimum atomic E-state index is 0.474. The number of thiophene rings is 2. The lowest BCUT2D eigenvalue weighted by Crippen LogP contribution is -2.21. The minimum absolute atomic E-state index is 0.474. The van der Waals surface area contributed by atoms with Gasteiger partial charge in [-0.15, -0.1) is 22.7 Å². The molecule has 0 saturated carbocycles. The Kier molecular flexibility index (Phi) is 4.16. The Morgan fingerprint density at radius 3 is 2.75 bits per heavy atom. The smallest absolute Gasteiger partial charge is 0.0463 e. The van der Waals surface area contributed by atoms with Crippen LogP contribution in [0, 0.1) is 6.92 Å². The molecule has 0 aromatic carbocycles. The van der Waals surface area contributed by atoms with Gasteiger partial charge in [-0.3, -0.25) is 0 Å². The molecular weight excluding hydrogens is 234 g/mol. The van der Waals surface area contributed by atoms with E-state index in [-0.39, 0.29) is 0 Å². The molecule has 0 spiro atoms. The summed E-state index contributed by atoms with van der Waals surface area (Å²) in [5, 5.41) is 5.72. The first-order chi connectivity index (χ1) is 7.79. The Balaban J connectivity index is 2.11. The standard InChI is InChI=1S/C13H17NS2/c1-3-14-12(9-11-5-4-8-15-11)13-7-6-10(2)16-13/h4-8,12,14H,3,9H2,1-2H3. The Hall–Kier alpha value is -0.640. The summed E-state index contributed by atoms with van der Waals surface area (Å²) in [5.41, 5.74) is 0. The van der Waals surface area contributed by atoms with Crippen molar-refractivity contribution in [1.82, 2.24) is 5.32 Å². The average Bonchev–Trinajstić information content (AvgIpc) is 2.88. The number of hydrogen-bond donors (Lipinski definition) is 1. The first-order valence-electron chi connectivity index (χ1n) is 5.61. The molecule has 0 aliphatic heterocycles. The number of hydrogen-bond acceptors (Lipinski definition) is 3. The summed E-state index contributed by atoms with van der Waals surface area (Å²) in [4.78, 5) is 4.30. The summed E-state index contributed by atoms with van der Waals surface area (Å²) >= 11 is 3.74. The summed E-state index contributed by atoms with van der Waals surface area (Å²) in [6, 6.07) is 9.28. The fourth-order valence-corrected chi connectivity index (χ4v) is 3.50. The molecule has 16 heavy (non-hydrogen) atoms. The highest BCUT2D eigenvalue weighted by Crippen LogP contribution is 2.26. The van der Waals surface area contributed by atoms with E-state index in [4.69, 9.17) is 0 Å². The monoisotopic (exact) mass is 251 g/mol. The normalized spacial score (nSPS) is 12.9. The second-order valence-electron chi connectivity index (χ2n) is 3.84. The molecule has 86 valence electrons. The zero-order chi connectivity index (χ0) is 11.4. The van der Waals surface area contributed by atoms with Crippen LogP contribution in [-0.2, 0) is 6.42 Å². The Labute approximate surface area is 105 Å². The van der Waals surface area contributed by atoms with Crippen molar-refractivity contribution >= 4 is 22.7 Å². The van der Waals surface area contributed by atoms with Gasteiger partial charge in [0.25, 0.3) is 0 Å². The van der Waals surface area contributed by atoms with E-state index in [2.05, 4.69) is 48.8 Å². The lowest BCUT2D eigenvalue weighted by Gasteiger charge is -2.15. The molecule has 0 aliphatic rings. The van der Waals surface area contributed by atoms with Crippen LogP contribution in [0.1, 0.15) is 27.6 Å². The second-order valence-corrected chi connectivity index (χ2v) is 6.19. The Bertz CT molecular complexity index is 417. The molecule has 0 fully saturated rings. The second kappa shape index (κ2) is 5.62. The lowest BCUT2D eigenvalue weighted by molar-refractivity contribution is 0.562. The number of rotatable bonds is 5. The average molecular weight is 251 g/mol. The minimum Gasteiger partial charge on any atom is -0.309 e. The maximum atomic E-state index is 3.57. The highest BCUT2D eigenvalue weighted by atomic mass is 32.1. The third-order valence-corrected chi connectivity index (χ3v) is 4.55. The highest BCUT2D eigenvalue weighted by molar-refractivity contribution is 7.12. The maximum absolute atomic E-state index is 3.57. The predicted molar refractivity (Wildman–Crippen MR) is 73.5 cm³/mol. The van der Waals surface area contributed by atoms with Crippen LogP contribution >= 0.6 is 22.7 Å². The van der Waals surface area contributed by atoms with Gasteiger partial charge in [0.2, 0.25) is 0 Å². The molecule has 1 atom stereocenters. The zero-order valence-electron chi connectivity index (χ0n) is 9.69. The van der Waals surface area contributed by atoms with Gasteiger partial charge in [0, 0.05) is 27.1 Å². The lowest BCUT2D eigenvalue weighted by atomic mass is 10.1. The fraction of sp³-hybridized carbons (Fsp3) is 0.385. The molecule has 0 radical (unpaired) electrons. The molecule has 1 unspecified atom stereocenters. The van der Waals surface area contributed by atoms with E-state index in [0.717, 1.165) is 13.0 Å². The summed E-state index contributed by atoms with van der Waals surface area (Å²) in [6.45, 7) is 5.36. The van der Waals surface area contributed by atoms with Gasteiger partial charge >= 0.3 is 0 Å². The van der Waals surface area contributed by atoms with Crippen LogP contribution in [-0.4, -0.2) is 6.54 Å². The number of likely N-dealkylation sites (N-methyl/N-ethyl adjacent to an activating group) is 1. The van der Waals surface area contributed by atoms with Gasteiger partial charge in [0.1, 0.15) is 0 Å². The topological polar surface area (TPSA) is 12.0 Å². The fourth-order valence-electron chi connectivity index (χ4n) is 1.79. The quantitative estimate of drug-likeness (QED) is 0.846. The van der Waals surface area contributed by atoms with Crippen molar-refractivity contribution in [1.29, 1.82) is 0 Å². The maximum Gasteiger partial charge on any atom is 0.0463 e. The molecule has 1 N–H and O–H groups in total. The van der Waals surface area contributed by atoms with Gasteiger partial charge in [0.15, 0.2) is 0 Å². The molecule has 0 amide bonds. The van der Waals surface area contributed by atoms with Crippen molar-refractivity contribution in [3.05, 3.63) is 44.3 Å². The molecule has 2 heterocycles. The molecular formula is C13H17NS2. The van der Waals surface area contributed by atoms with Crippen molar-refractivity contribution in [2.24, 2.45) is 0 Å². The van der Waals surface area contributed by atoms with Gasteiger partial charge in [-0.1, -0.05) is 13.0 Å². The molecule has 0 saturated heterocycles. The molecule has 2 aromatic heterocycles. The van der Waals surface area contributed by atoms with Crippen LogP contribution in [0.5, 0.6) is 0 Å². The SMILES string of the molecule is CCNC(Cc1cccs1)c1ccc(C)s1.